The Bertz CT molecular complexity index is 815. The molecule has 0 amide bonds. The fourth-order valence-electron chi connectivity index (χ4n) is 2.38. The van der Waals surface area contributed by atoms with Gasteiger partial charge in [-0.05, 0) is 34.7 Å². The van der Waals surface area contributed by atoms with Crippen LogP contribution in [0.4, 0.5) is 0 Å². The first-order chi connectivity index (χ1) is 10.1. The third-order valence-electron chi connectivity index (χ3n) is 3.41. The minimum absolute atomic E-state index is 0.0614. The van der Waals surface area contributed by atoms with E-state index in [1.54, 1.807) is 0 Å². The second kappa shape index (κ2) is 6.29. The Kier molecular flexibility index (Phi) is 4.60. The maximum absolute atomic E-state index is 6.29. The van der Waals surface area contributed by atoms with Crippen LogP contribution in [-0.2, 0) is 0 Å². The van der Waals surface area contributed by atoms with Crippen LogP contribution in [0.2, 0.25) is 10.0 Å². The fraction of sp³-hybridized carbons (Fsp3) is 0.0588. The molecule has 0 N–H and O–H groups in total. The molecule has 0 saturated heterocycles. The van der Waals surface area contributed by atoms with Gasteiger partial charge in [0.15, 0.2) is 0 Å². The van der Waals surface area contributed by atoms with E-state index in [0.29, 0.717) is 5.02 Å². The van der Waals surface area contributed by atoms with Crippen LogP contribution in [0.1, 0.15) is 16.0 Å². The first-order valence-corrected chi connectivity index (χ1v) is 8.80. The molecule has 106 valence electrons. The first-order valence-electron chi connectivity index (χ1n) is 6.34. The maximum atomic E-state index is 6.29. The number of hydrogen-bond acceptors (Lipinski definition) is 0. The van der Waals surface area contributed by atoms with E-state index in [1.165, 1.54) is 5.56 Å². The SMILES string of the molecule is Clc1ccc(C(Br)c2ccc(Cl)c3ccccc23)c(Br)c1. The normalized spacial score (nSPS) is 12.6. The molecule has 21 heavy (non-hydrogen) atoms. The summed E-state index contributed by atoms with van der Waals surface area (Å²) in [7, 11) is 0. The van der Waals surface area contributed by atoms with Crippen LogP contribution in [0.25, 0.3) is 10.8 Å². The van der Waals surface area contributed by atoms with Crippen LogP contribution >= 0.6 is 55.1 Å². The zero-order valence-corrected chi connectivity index (χ0v) is 15.5. The van der Waals surface area contributed by atoms with E-state index >= 15 is 0 Å². The predicted octanol–water partition coefficient (Wildman–Crippen LogP) is 7.39. The van der Waals surface area contributed by atoms with Gasteiger partial charge in [0.05, 0.1) is 4.83 Å². The van der Waals surface area contributed by atoms with E-state index in [-0.39, 0.29) is 4.83 Å². The largest absolute Gasteiger partial charge is 0.0843 e. The molecule has 0 radical (unpaired) electrons. The highest BCUT2D eigenvalue weighted by molar-refractivity contribution is 9.11. The fourth-order valence-corrected chi connectivity index (χ4v) is 4.63. The summed E-state index contributed by atoms with van der Waals surface area (Å²) in [5.41, 5.74) is 2.31. The second-order valence-corrected chi connectivity index (χ2v) is 7.32. The van der Waals surface area contributed by atoms with Crippen LogP contribution in [-0.4, -0.2) is 0 Å². The summed E-state index contributed by atoms with van der Waals surface area (Å²) in [6.07, 6.45) is 0. The van der Waals surface area contributed by atoms with Gasteiger partial charge in [-0.1, -0.05) is 91.5 Å². The molecule has 1 unspecified atom stereocenters. The van der Waals surface area contributed by atoms with Crippen molar-refractivity contribution < 1.29 is 0 Å². The van der Waals surface area contributed by atoms with Gasteiger partial charge in [0.2, 0.25) is 0 Å². The van der Waals surface area contributed by atoms with Crippen molar-refractivity contribution in [1.29, 1.82) is 0 Å². The summed E-state index contributed by atoms with van der Waals surface area (Å²) in [6, 6.07) is 18.0. The Balaban J connectivity index is 2.18. The summed E-state index contributed by atoms with van der Waals surface area (Å²) in [5, 5.41) is 3.69. The van der Waals surface area contributed by atoms with Gasteiger partial charge in [-0.15, -0.1) is 0 Å². The van der Waals surface area contributed by atoms with E-state index in [0.717, 1.165) is 25.8 Å². The van der Waals surface area contributed by atoms with Crippen LogP contribution < -0.4 is 0 Å². The van der Waals surface area contributed by atoms with Gasteiger partial charge in [0, 0.05) is 19.9 Å². The van der Waals surface area contributed by atoms with Crippen LogP contribution in [0.15, 0.2) is 59.1 Å². The Labute approximate surface area is 150 Å². The molecule has 0 fully saturated rings. The van der Waals surface area contributed by atoms with Crippen LogP contribution in [0, 0.1) is 0 Å². The van der Waals surface area contributed by atoms with Gasteiger partial charge in [-0.3, -0.25) is 0 Å². The molecule has 0 aliphatic carbocycles. The second-order valence-electron chi connectivity index (χ2n) is 4.71. The van der Waals surface area contributed by atoms with Crippen molar-refractivity contribution in [2.45, 2.75) is 4.83 Å². The zero-order chi connectivity index (χ0) is 15.0. The molecule has 0 aliphatic rings. The van der Waals surface area contributed by atoms with E-state index in [1.807, 2.05) is 42.5 Å². The van der Waals surface area contributed by atoms with E-state index in [9.17, 15) is 0 Å². The number of alkyl halides is 1. The first kappa shape index (κ1) is 15.4. The third-order valence-corrected chi connectivity index (χ3v) is 5.65. The molecule has 0 bridgehead atoms. The predicted molar refractivity (Wildman–Crippen MR) is 98.9 cm³/mol. The van der Waals surface area contributed by atoms with Crippen molar-refractivity contribution >= 4 is 65.8 Å². The number of hydrogen-bond donors (Lipinski definition) is 0. The molecule has 4 heteroatoms. The highest BCUT2D eigenvalue weighted by Crippen LogP contribution is 2.40. The molecule has 0 aromatic heterocycles. The number of benzene rings is 3. The van der Waals surface area contributed by atoms with Crippen LogP contribution in [0.5, 0.6) is 0 Å². The van der Waals surface area contributed by atoms with Crippen LogP contribution in [0.3, 0.4) is 0 Å². The average Bonchev–Trinajstić information content (AvgIpc) is 2.47. The Morgan fingerprint density at radius 2 is 1.48 bits per heavy atom. The minimum atomic E-state index is 0.0614. The zero-order valence-electron chi connectivity index (χ0n) is 10.8. The number of fused-ring (bicyclic) bond motifs is 1. The molecule has 0 nitrogen and oxygen atoms in total. The Morgan fingerprint density at radius 3 is 2.19 bits per heavy atom. The van der Waals surface area contributed by atoms with Gasteiger partial charge in [-0.25, -0.2) is 0 Å². The molecule has 3 aromatic rings. The highest BCUT2D eigenvalue weighted by Gasteiger charge is 2.17. The third kappa shape index (κ3) is 3.00. The summed E-state index contributed by atoms with van der Waals surface area (Å²) < 4.78 is 0.982. The lowest BCUT2D eigenvalue weighted by Gasteiger charge is -2.16. The van der Waals surface area contributed by atoms with Crippen molar-refractivity contribution in [3.05, 3.63) is 80.2 Å². The molecule has 0 aliphatic heterocycles. The van der Waals surface area contributed by atoms with Gasteiger partial charge < -0.3 is 0 Å². The monoisotopic (exact) mass is 442 g/mol. The van der Waals surface area contributed by atoms with Gasteiger partial charge in [0.25, 0.3) is 0 Å². The minimum Gasteiger partial charge on any atom is -0.0843 e. The molecule has 0 spiro atoms. The standard InChI is InChI=1S/C17H10Br2Cl2/c18-15-9-10(20)5-6-14(15)17(19)13-7-8-16(21)12-4-2-1-3-11(12)13/h1-9,17H. The van der Waals surface area contributed by atoms with Gasteiger partial charge >= 0.3 is 0 Å². The molecule has 0 saturated carbocycles. The van der Waals surface area contributed by atoms with Crippen molar-refractivity contribution in [3.8, 4) is 0 Å². The summed E-state index contributed by atoms with van der Waals surface area (Å²) in [5.74, 6) is 0. The molecular weight excluding hydrogens is 435 g/mol. The summed E-state index contributed by atoms with van der Waals surface area (Å²) in [6.45, 7) is 0. The summed E-state index contributed by atoms with van der Waals surface area (Å²) in [4.78, 5) is 0.0614. The quantitative estimate of drug-likeness (QED) is 0.361. The van der Waals surface area contributed by atoms with Crippen molar-refractivity contribution in [2.24, 2.45) is 0 Å². The van der Waals surface area contributed by atoms with Crippen molar-refractivity contribution in [2.75, 3.05) is 0 Å². The highest BCUT2D eigenvalue weighted by atomic mass is 79.9. The van der Waals surface area contributed by atoms with E-state index in [2.05, 4.69) is 44.0 Å². The Morgan fingerprint density at radius 1 is 0.810 bits per heavy atom. The smallest absolute Gasteiger partial charge is 0.0661 e. The maximum Gasteiger partial charge on any atom is 0.0661 e. The topological polar surface area (TPSA) is 0 Å². The molecular formula is C17H10Br2Cl2. The lowest BCUT2D eigenvalue weighted by atomic mass is 9.98. The Hall–Kier alpha value is -0.540. The van der Waals surface area contributed by atoms with Crippen molar-refractivity contribution in [1.82, 2.24) is 0 Å². The van der Waals surface area contributed by atoms with Gasteiger partial charge in [0.1, 0.15) is 0 Å². The van der Waals surface area contributed by atoms with E-state index < -0.39 is 0 Å². The number of halogens is 4. The lowest BCUT2D eigenvalue weighted by molar-refractivity contribution is 1.18. The molecule has 1 atom stereocenters. The molecule has 0 heterocycles. The van der Waals surface area contributed by atoms with Gasteiger partial charge in [-0.2, -0.15) is 0 Å². The molecule has 3 aromatic carbocycles. The van der Waals surface area contributed by atoms with Crippen molar-refractivity contribution in [3.63, 3.8) is 0 Å². The lowest BCUT2D eigenvalue weighted by Crippen LogP contribution is -1.95. The number of rotatable bonds is 2. The van der Waals surface area contributed by atoms with E-state index in [4.69, 9.17) is 23.2 Å². The average molecular weight is 445 g/mol. The summed E-state index contributed by atoms with van der Waals surface area (Å²) >= 11 is 19.7. The molecule has 3 rings (SSSR count).